The Morgan fingerprint density at radius 3 is 2.64 bits per heavy atom. The van der Waals surface area contributed by atoms with E-state index in [9.17, 15) is 27.9 Å². The number of carboxylic acid groups (broad SMARTS) is 1. The first kappa shape index (κ1) is 22.0. The summed E-state index contributed by atoms with van der Waals surface area (Å²) in [7, 11) is 0. The minimum atomic E-state index is -4.61. The van der Waals surface area contributed by atoms with E-state index in [0.717, 1.165) is 31.4 Å². The van der Waals surface area contributed by atoms with Crippen LogP contribution in [0.15, 0.2) is 28.7 Å². The number of alkyl halides is 3. The number of rotatable bonds is 10. The highest BCUT2D eigenvalue weighted by atomic mass is 19.4. The molecular weight excluding hydrogens is 379 g/mol. The number of nitrogens with zero attached hydrogens (tertiary/aromatic N) is 1. The number of furan rings is 1. The lowest BCUT2D eigenvalue weighted by Crippen LogP contribution is -2.32. The first-order chi connectivity index (χ1) is 13.2. The molecule has 0 aliphatic carbocycles. The number of aliphatic hydroxyl groups excluding tert-OH is 1. The number of unbranched alkanes of at least 4 members (excludes halogenated alkanes) is 3. The standard InChI is InChI=1S/C19H24F3NO5/c20-19(21,22)16-10-9-15(28-16)14(24)8-6-13-7-11-17(25)23(13)12-4-2-1-3-5-18(26)27/h6,8-10,13-14,24H,1-5,7,11-12H2,(H,26,27)/b8-6+/t13-,14?/m0/s1. The summed E-state index contributed by atoms with van der Waals surface area (Å²) in [5.74, 6) is -2.21. The van der Waals surface area contributed by atoms with E-state index in [1.54, 1.807) is 11.0 Å². The molecule has 1 aromatic rings. The second kappa shape index (κ2) is 9.77. The molecule has 1 aliphatic rings. The third-order valence-corrected chi connectivity index (χ3v) is 4.63. The van der Waals surface area contributed by atoms with Gasteiger partial charge in [0.1, 0.15) is 11.9 Å². The van der Waals surface area contributed by atoms with Crippen molar-refractivity contribution in [2.24, 2.45) is 0 Å². The summed E-state index contributed by atoms with van der Waals surface area (Å²) in [6.07, 6.45) is 1.03. The van der Waals surface area contributed by atoms with E-state index in [4.69, 9.17) is 5.11 Å². The van der Waals surface area contributed by atoms with Gasteiger partial charge in [-0.25, -0.2) is 0 Å². The van der Waals surface area contributed by atoms with Crippen LogP contribution in [0.2, 0.25) is 0 Å². The second-order valence-corrected chi connectivity index (χ2v) is 6.78. The minimum absolute atomic E-state index is 0.00738. The molecule has 0 bridgehead atoms. The Labute approximate surface area is 160 Å². The van der Waals surface area contributed by atoms with E-state index in [1.165, 1.54) is 6.08 Å². The number of likely N-dealkylation sites (tertiary alicyclic amines) is 1. The molecule has 1 aliphatic heterocycles. The Balaban J connectivity index is 1.84. The smallest absolute Gasteiger partial charge is 0.449 e. The highest BCUT2D eigenvalue weighted by molar-refractivity contribution is 5.79. The monoisotopic (exact) mass is 403 g/mol. The van der Waals surface area contributed by atoms with Crippen LogP contribution in [0.5, 0.6) is 0 Å². The molecule has 0 aromatic carbocycles. The van der Waals surface area contributed by atoms with E-state index >= 15 is 0 Å². The van der Waals surface area contributed by atoms with Crippen molar-refractivity contribution in [2.45, 2.75) is 63.3 Å². The average molecular weight is 403 g/mol. The van der Waals surface area contributed by atoms with Gasteiger partial charge in [-0.1, -0.05) is 25.0 Å². The Morgan fingerprint density at radius 1 is 1.29 bits per heavy atom. The van der Waals surface area contributed by atoms with Gasteiger partial charge in [0.2, 0.25) is 11.7 Å². The largest absolute Gasteiger partial charge is 0.481 e. The summed E-state index contributed by atoms with van der Waals surface area (Å²) >= 11 is 0. The fourth-order valence-corrected chi connectivity index (χ4v) is 3.15. The highest BCUT2D eigenvalue weighted by Crippen LogP contribution is 2.32. The number of hydrogen-bond donors (Lipinski definition) is 2. The lowest BCUT2D eigenvalue weighted by Gasteiger charge is -2.22. The van der Waals surface area contributed by atoms with Crippen molar-refractivity contribution in [3.05, 3.63) is 35.8 Å². The Kier molecular flexibility index (Phi) is 7.68. The van der Waals surface area contributed by atoms with Crippen molar-refractivity contribution in [3.63, 3.8) is 0 Å². The average Bonchev–Trinajstić information content (AvgIpc) is 3.23. The van der Waals surface area contributed by atoms with Gasteiger partial charge in [-0.15, -0.1) is 0 Å². The third kappa shape index (κ3) is 6.40. The number of aliphatic hydroxyl groups is 1. The zero-order chi connectivity index (χ0) is 20.7. The molecule has 2 heterocycles. The number of carbonyl (C=O) groups is 2. The van der Waals surface area contributed by atoms with Gasteiger partial charge in [-0.2, -0.15) is 13.2 Å². The molecule has 28 heavy (non-hydrogen) atoms. The summed E-state index contributed by atoms with van der Waals surface area (Å²) in [5.41, 5.74) is 0. The van der Waals surface area contributed by atoms with Crippen molar-refractivity contribution in [1.82, 2.24) is 4.90 Å². The highest BCUT2D eigenvalue weighted by Gasteiger charge is 2.35. The molecule has 1 aromatic heterocycles. The quantitative estimate of drug-likeness (QED) is 0.457. The molecule has 9 heteroatoms. The van der Waals surface area contributed by atoms with Gasteiger partial charge in [0.05, 0.1) is 6.04 Å². The lowest BCUT2D eigenvalue weighted by molar-refractivity contribution is -0.153. The van der Waals surface area contributed by atoms with Crippen LogP contribution in [0.1, 0.15) is 62.6 Å². The van der Waals surface area contributed by atoms with Crippen LogP contribution in [0.4, 0.5) is 13.2 Å². The topological polar surface area (TPSA) is 91.0 Å². The summed E-state index contributed by atoms with van der Waals surface area (Å²) in [6, 6.07) is 1.62. The molecule has 1 fully saturated rings. The van der Waals surface area contributed by atoms with Gasteiger partial charge >= 0.3 is 12.1 Å². The maximum Gasteiger partial charge on any atom is 0.449 e. The summed E-state index contributed by atoms with van der Waals surface area (Å²) < 4.78 is 42.3. The number of carbonyl (C=O) groups excluding carboxylic acids is 1. The number of halogens is 3. The minimum Gasteiger partial charge on any atom is -0.481 e. The van der Waals surface area contributed by atoms with Crippen LogP contribution in [0, 0.1) is 0 Å². The molecule has 0 radical (unpaired) electrons. The molecule has 156 valence electrons. The molecule has 2 N–H and O–H groups in total. The van der Waals surface area contributed by atoms with Crippen LogP contribution in [-0.4, -0.2) is 39.6 Å². The van der Waals surface area contributed by atoms with Crippen molar-refractivity contribution < 1.29 is 37.4 Å². The van der Waals surface area contributed by atoms with Gasteiger partial charge in [-0.3, -0.25) is 9.59 Å². The zero-order valence-corrected chi connectivity index (χ0v) is 15.3. The van der Waals surface area contributed by atoms with Gasteiger partial charge in [-0.05, 0) is 31.4 Å². The van der Waals surface area contributed by atoms with Gasteiger partial charge in [0, 0.05) is 19.4 Å². The Hall–Kier alpha value is -2.29. The normalized spacial score (nSPS) is 18.9. The molecular formula is C19H24F3NO5. The van der Waals surface area contributed by atoms with Crippen LogP contribution in [-0.2, 0) is 15.8 Å². The maximum atomic E-state index is 12.6. The number of carboxylic acids is 1. The first-order valence-corrected chi connectivity index (χ1v) is 9.23. The first-order valence-electron chi connectivity index (χ1n) is 9.23. The molecule has 0 spiro atoms. The van der Waals surface area contributed by atoms with E-state index in [1.807, 2.05) is 0 Å². The van der Waals surface area contributed by atoms with Crippen molar-refractivity contribution in [2.75, 3.05) is 6.54 Å². The molecule has 1 saturated heterocycles. The van der Waals surface area contributed by atoms with Crippen LogP contribution in [0.3, 0.4) is 0 Å². The number of aliphatic carboxylic acids is 1. The van der Waals surface area contributed by atoms with E-state index in [2.05, 4.69) is 4.42 Å². The molecule has 2 atom stereocenters. The van der Waals surface area contributed by atoms with Gasteiger partial charge in [0.25, 0.3) is 0 Å². The van der Waals surface area contributed by atoms with Crippen molar-refractivity contribution in [3.8, 4) is 0 Å². The lowest BCUT2D eigenvalue weighted by atomic mass is 10.1. The van der Waals surface area contributed by atoms with Crippen molar-refractivity contribution >= 4 is 11.9 Å². The second-order valence-electron chi connectivity index (χ2n) is 6.78. The fourth-order valence-electron chi connectivity index (χ4n) is 3.15. The Morgan fingerprint density at radius 2 is 2.00 bits per heavy atom. The van der Waals surface area contributed by atoms with Crippen LogP contribution >= 0.6 is 0 Å². The summed E-state index contributed by atoms with van der Waals surface area (Å²) in [4.78, 5) is 24.2. The van der Waals surface area contributed by atoms with E-state index in [0.29, 0.717) is 25.8 Å². The zero-order valence-electron chi connectivity index (χ0n) is 15.3. The molecule has 1 unspecified atom stereocenters. The molecule has 6 nitrogen and oxygen atoms in total. The van der Waals surface area contributed by atoms with Gasteiger partial charge < -0.3 is 19.5 Å². The third-order valence-electron chi connectivity index (χ3n) is 4.63. The SMILES string of the molecule is O=C(O)CCCCCCN1C(=O)CC[C@@H]1/C=C/C(O)c1ccc(C(F)(F)F)o1. The summed E-state index contributed by atoms with van der Waals surface area (Å²) in [6.45, 7) is 0.524. The van der Waals surface area contributed by atoms with E-state index in [-0.39, 0.29) is 24.1 Å². The van der Waals surface area contributed by atoms with Crippen LogP contribution < -0.4 is 0 Å². The number of hydrogen-bond acceptors (Lipinski definition) is 4. The van der Waals surface area contributed by atoms with E-state index < -0.39 is 24.0 Å². The maximum absolute atomic E-state index is 12.6. The molecule has 0 saturated carbocycles. The number of amides is 1. The predicted molar refractivity (Wildman–Crippen MR) is 93.3 cm³/mol. The Bertz CT molecular complexity index is 698. The van der Waals surface area contributed by atoms with Crippen LogP contribution in [0.25, 0.3) is 0 Å². The fraction of sp³-hybridized carbons (Fsp3) is 0.579. The predicted octanol–water partition coefficient (Wildman–Crippen LogP) is 3.91. The van der Waals surface area contributed by atoms with Gasteiger partial charge in [0.15, 0.2) is 0 Å². The van der Waals surface area contributed by atoms with Crippen molar-refractivity contribution in [1.29, 1.82) is 0 Å². The molecule has 2 rings (SSSR count). The summed E-state index contributed by atoms with van der Waals surface area (Å²) in [5, 5.41) is 18.6. The molecule has 1 amide bonds.